The van der Waals surface area contributed by atoms with Gasteiger partial charge in [0.15, 0.2) is 0 Å². The van der Waals surface area contributed by atoms with Crippen LogP contribution in [0, 0.1) is 46.3 Å². The van der Waals surface area contributed by atoms with Gasteiger partial charge in [0.2, 0.25) is 0 Å². The summed E-state index contributed by atoms with van der Waals surface area (Å²) in [5.74, 6) is 4.88. The second kappa shape index (κ2) is 8.09. The van der Waals surface area contributed by atoms with Gasteiger partial charge in [-0.15, -0.1) is 0 Å². The number of aliphatic hydroxyl groups is 1. The van der Waals surface area contributed by atoms with E-state index in [1.54, 1.807) is 0 Å². The lowest BCUT2D eigenvalue weighted by molar-refractivity contribution is -0.0560. The minimum absolute atomic E-state index is 0.418. The van der Waals surface area contributed by atoms with Gasteiger partial charge in [0.1, 0.15) is 0 Å². The summed E-state index contributed by atoms with van der Waals surface area (Å²) in [4.78, 5) is 0. The van der Waals surface area contributed by atoms with E-state index >= 15 is 0 Å². The predicted molar refractivity (Wildman–Crippen MR) is 119 cm³/mol. The molecule has 3 fully saturated rings. The van der Waals surface area contributed by atoms with Gasteiger partial charge >= 0.3 is 0 Å². The molecule has 1 N–H and O–H groups in total. The molecule has 0 amide bonds. The summed E-state index contributed by atoms with van der Waals surface area (Å²) >= 11 is 0. The maximum Gasteiger partial charge on any atom is 0.0462 e. The van der Waals surface area contributed by atoms with Gasteiger partial charge in [0, 0.05) is 6.61 Å². The first-order valence-corrected chi connectivity index (χ1v) is 12.7. The van der Waals surface area contributed by atoms with E-state index in [9.17, 15) is 5.11 Å². The van der Waals surface area contributed by atoms with Crippen molar-refractivity contribution in [1.29, 1.82) is 0 Å². The van der Waals surface area contributed by atoms with Gasteiger partial charge in [0.25, 0.3) is 0 Å². The molecular formula is C27H46O. The fourth-order valence-corrected chi connectivity index (χ4v) is 8.72. The van der Waals surface area contributed by atoms with Crippen molar-refractivity contribution >= 4 is 0 Å². The highest BCUT2D eigenvalue weighted by Gasteiger charge is 2.58. The fraction of sp³-hybridized carbons (Fsp3) is 0.926. The zero-order chi connectivity index (χ0) is 19.9. The molecule has 0 heterocycles. The number of allylic oxidation sites excluding steroid dienone is 2. The quantitative estimate of drug-likeness (QED) is 0.472. The summed E-state index contributed by atoms with van der Waals surface area (Å²) in [6.07, 6.45) is 19.3. The van der Waals surface area contributed by atoms with Crippen molar-refractivity contribution in [2.75, 3.05) is 6.61 Å². The normalized spacial score (nSPS) is 43.9. The first kappa shape index (κ1) is 21.0. The highest BCUT2D eigenvalue weighted by atomic mass is 16.3. The van der Waals surface area contributed by atoms with E-state index in [2.05, 4.69) is 33.8 Å². The van der Waals surface area contributed by atoms with Crippen LogP contribution in [0.4, 0.5) is 0 Å². The number of fused-ring (bicyclic) bond motifs is 5. The first-order chi connectivity index (χ1) is 13.4. The van der Waals surface area contributed by atoms with Crippen molar-refractivity contribution in [1.82, 2.24) is 0 Å². The molecule has 0 aromatic rings. The van der Waals surface area contributed by atoms with E-state index in [4.69, 9.17) is 0 Å². The van der Waals surface area contributed by atoms with Crippen LogP contribution in [-0.4, -0.2) is 11.7 Å². The summed E-state index contributed by atoms with van der Waals surface area (Å²) in [6, 6.07) is 0. The molecule has 0 radical (unpaired) electrons. The Morgan fingerprint density at radius 2 is 1.86 bits per heavy atom. The Kier molecular flexibility index (Phi) is 6.05. The topological polar surface area (TPSA) is 20.2 Å². The highest BCUT2D eigenvalue weighted by molar-refractivity contribution is 5.24. The summed E-state index contributed by atoms with van der Waals surface area (Å²) in [6.45, 7) is 10.4. The smallest absolute Gasteiger partial charge is 0.0462 e. The average molecular weight is 387 g/mol. The van der Waals surface area contributed by atoms with Crippen LogP contribution in [0.15, 0.2) is 11.6 Å². The summed E-state index contributed by atoms with van der Waals surface area (Å²) < 4.78 is 0. The van der Waals surface area contributed by atoms with Gasteiger partial charge < -0.3 is 5.11 Å². The number of rotatable bonds is 6. The molecule has 0 bridgehead atoms. The Labute approximate surface area is 174 Å². The molecule has 4 aliphatic carbocycles. The zero-order valence-electron chi connectivity index (χ0n) is 19.2. The maximum atomic E-state index is 10.3. The minimum atomic E-state index is 0.418. The van der Waals surface area contributed by atoms with Gasteiger partial charge in [-0.1, -0.05) is 58.6 Å². The minimum Gasteiger partial charge on any atom is -0.396 e. The predicted octanol–water partition coefficient (Wildman–Crippen LogP) is 7.39. The average Bonchev–Trinajstić information content (AvgIpc) is 3.02. The second-order valence-corrected chi connectivity index (χ2v) is 12.0. The first-order valence-electron chi connectivity index (χ1n) is 12.7. The summed E-state index contributed by atoms with van der Waals surface area (Å²) in [5.41, 5.74) is 2.84. The van der Waals surface area contributed by atoms with Gasteiger partial charge in [0.05, 0.1) is 0 Å². The van der Waals surface area contributed by atoms with E-state index in [0.29, 0.717) is 23.4 Å². The van der Waals surface area contributed by atoms with E-state index in [-0.39, 0.29) is 0 Å². The van der Waals surface area contributed by atoms with E-state index in [1.807, 2.05) is 5.57 Å². The molecule has 0 aromatic carbocycles. The van der Waals surface area contributed by atoms with Crippen LogP contribution in [0.2, 0.25) is 0 Å². The van der Waals surface area contributed by atoms with Crippen molar-refractivity contribution in [3.8, 4) is 0 Å². The van der Waals surface area contributed by atoms with Crippen molar-refractivity contribution < 1.29 is 5.11 Å². The largest absolute Gasteiger partial charge is 0.396 e. The van der Waals surface area contributed by atoms with Crippen molar-refractivity contribution in [2.45, 2.75) is 105 Å². The summed E-state index contributed by atoms with van der Waals surface area (Å²) in [7, 11) is 0. The lowest BCUT2D eigenvalue weighted by Crippen LogP contribution is -2.50. The van der Waals surface area contributed by atoms with Crippen LogP contribution in [0.3, 0.4) is 0 Å². The lowest BCUT2D eigenvalue weighted by Gasteiger charge is -2.58. The molecule has 0 aliphatic heterocycles. The summed E-state index contributed by atoms with van der Waals surface area (Å²) in [5, 5.41) is 10.3. The lowest BCUT2D eigenvalue weighted by atomic mass is 9.47. The number of hydrogen-bond acceptors (Lipinski definition) is 1. The third-order valence-electron chi connectivity index (χ3n) is 10.3. The SMILES string of the molecule is CC(C)CCC[C@@H](CO)[C@H]1CC[C@H]2[C@@H]3CC=C4CCCC[C@]4(C)[C@H]3CC[C@]12C. The molecule has 0 unspecified atom stereocenters. The van der Waals surface area contributed by atoms with Gasteiger partial charge in [-0.25, -0.2) is 0 Å². The highest BCUT2D eigenvalue weighted by Crippen LogP contribution is 2.67. The maximum absolute atomic E-state index is 10.3. The molecule has 0 spiro atoms. The standard InChI is InChI=1S/C27H46O/c1-19(2)8-7-9-20(18-28)23-13-14-24-22-12-11-21-10-5-6-16-26(21,3)25(22)15-17-27(23,24)4/h11,19-20,22-25,28H,5-10,12-18H2,1-4H3/t20-,22-,23+,24-,25-,26-,27+/m0/s1. The van der Waals surface area contributed by atoms with Crippen molar-refractivity contribution in [2.24, 2.45) is 46.3 Å². The van der Waals surface area contributed by atoms with Crippen molar-refractivity contribution in [3.63, 3.8) is 0 Å². The van der Waals surface area contributed by atoms with Crippen LogP contribution < -0.4 is 0 Å². The Morgan fingerprint density at radius 1 is 1.04 bits per heavy atom. The zero-order valence-corrected chi connectivity index (χ0v) is 19.2. The van der Waals surface area contributed by atoms with E-state index in [1.165, 1.54) is 77.0 Å². The third kappa shape index (κ3) is 3.42. The molecule has 7 atom stereocenters. The molecular weight excluding hydrogens is 340 g/mol. The Balaban J connectivity index is 1.51. The third-order valence-corrected chi connectivity index (χ3v) is 10.3. The van der Waals surface area contributed by atoms with Crippen LogP contribution in [-0.2, 0) is 0 Å². The Hall–Kier alpha value is -0.300. The van der Waals surface area contributed by atoms with E-state index in [0.717, 1.165) is 29.6 Å². The van der Waals surface area contributed by atoms with Crippen LogP contribution >= 0.6 is 0 Å². The van der Waals surface area contributed by atoms with Crippen molar-refractivity contribution in [3.05, 3.63) is 11.6 Å². The second-order valence-electron chi connectivity index (χ2n) is 12.0. The van der Waals surface area contributed by atoms with Crippen LogP contribution in [0.5, 0.6) is 0 Å². The van der Waals surface area contributed by atoms with Crippen LogP contribution in [0.25, 0.3) is 0 Å². The molecule has 1 heteroatoms. The van der Waals surface area contributed by atoms with Crippen LogP contribution in [0.1, 0.15) is 105 Å². The molecule has 28 heavy (non-hydrogen) atoms. The van der Waals surface area contributed by atoms with E-state index < -0.39 is 0 Å². The molecule has 3 saturated carbocycles. The fourth-order valence-electron chi connectivity index (χ4n) is 8.72. The van der Waals surface area contributed by atoms with Gasteiger partial charge in [-0.2, -0.15) is 0 Å². The van der Waals surface area contributed by atoms with Gasteiger partial charge in [-0.05, 0) is 104 Å². The van der Waals surface area contributed by atoms with Gasteiger partial charge in [-0.3, -0.25) is 0 Å². The molecule has 4 aliphatic rings. The number of aliphatic hydroxyl groups excluding tert-OH is 1. The molecule has 0 saturated heterocycles. The number of hydrogen-bond donors (Lipinski definition) is 1. The molecule has 160 valence electrons. The Bertz CT molecular complexity index is 577. The Morgan fingerprint density at radius 3 is 2.61 bits per heavy atom. The molecule has 1 nitrogen and oxygen atoms in total. The molecule has 4 rings (SSSR count). The molecule has 0 aromatic heterocycles. The monoisotopic (exact) mass is 386 g/mol.